The van der Waals surface area contributed by atoms with Crippen LogP contribution in [0.15, 0.2) is 50.6 Å². The lowest BCUT2D eigenvalue weighted by atomic mass is 9.94. The number of oxime groups is 1. The Balaban J connectivity index is 1.49. The Bertz CT molecular complexity index is 1250. The number of carbonyl (C=O) groups is 3. The predicted molar refractivity (Wildman–Crippen MR) is 128 cm³/mol. The number of β-lactam (4-membered cyclic amide) rings is 1. The zero-order chi connectivity index (χ0) is 26.0. The second-order valence-corrected chi connectivity index (χ2v) is 10.5. The molecule has 2 atom stereocenters. The van der Waals surface area contributed by atoms with Crippen molar-refractivity contribution in [3.8, 4) is 0 Å². The van der Waals surface area contributed by atoms with Crippen molar-refractivity contribution in [1.82, 2.24) is 15.2 Å². The Morgan fingerprint density at radius 2 is 2.17 bits per heavy atom. The summed E-state index contributed by atoms with van der Waals surface area (Å²) < 4.78 is 26.9. The monoisotopic (exact) mass is 557 g/mol. The van der Waals surface area contributed by atoms with E-state index in [0.717, 1.165) is 21.1 Å². The SMILES string of the molecule is C[n+]1ccc(SCC2=C(C(=O)O)N3C(=O)[C@@H](NC(=O)C(=NOC(F)F)c4csc(N)n4)C3CS2)cc1. The molecule has 1 unspecified atom stereocenters. The van der Waals surface area contributed by atoms with Gasteiger partial charge in [-0.25, -0.2) is 14.3 Å². The number of nitrogens with one attached hydrogen (secondary N) is 1. The van der Waals surface area contributed by atoms with Crippen molar-refractivity contribution in [1.29, 1.82) is 0 Å². The van der Waals surface area contributed by atoms with E-state index >= 15 is 0 Å². The highest BCUT2D eigenvalue weighted by atomic mass is 32.2. The number of carboxylic acid groups (broad SMARTS) is 1. The number of halogens is 2. The van der Waals surface area contributed by atoms with Gasteiger partial charge in [0.1, 0.15) is 24.5 Å². The Morgan fingerprint density at radius 3 is 2.78 bits per heavy atom. The number of carboxylic acids is 1. The summed E-state index contributed by atoms with van der Waals surface area (Å²) >= 11 is 3.68. The molecule has 16 heteroatoms. The van der Waals surface area contributed by atoms with Crippen molar-refractivity contribution in [3.63, 3.8) is 0 Å². The first-order chi connectivity index (χ1) is 17.2. The topological polar surface area (TPSA) is 151 Å². The lowest BCUT2D eigenvalue weighted by Crippen LogP contribution is -2.73. The number of nitrogens with zero attached hydrogens (tertiary/aromatic N) is 4. The normalized spacial score (nSPS) is 19.7. The molecule has 2 aliphatic rings. The third-order valence-electron chi connectivity index (χ3n) is 5.16. The minimum absolute atomic E-state index is 0.0724. The molecule has 2 amide bonds. The van der Waals surface area contributed by atoms with Crippen molar-refractivity contribution < 1.29 is 37.7 Å². The van der Waals surface area contributed by atoms with Crippen molar-refractivity contribution in [2.45, 2.75) is 23.6 Å². The Hall–Kier alpha value is -3.24. The number of aromatic nitrogens is 2. The summed E-state index contributed by atoms with van der Waals surface area (Å²) in [5, 5.41) is 16.8. The van der Waals surface area contributed by atoms with Crippen LogP contribution in [-0.4, -0.2) is 68.7 Å². The number of carbonyl (C=O) groups excluding carboxylic acids is 2. The van der Waals surface area contributed by atoms with E-state index < -0.39 is 42.2 Å². The summed E-state index contributed by atoms with van der Waals surface area (Å²) in [4.78, 5) is 48.1. The number of anilines is 1. The van der Waals surface area contributed by atoms with Gasteiger partial charge in [-0.1, -0.05) is 5.16 Å². The lowest BCUT2D eigenvalue weighted by molar-refractivity contribution is -0.671. The van der Waals surface area contributed by atoms with Crippen LogP contribution in [0.3, 0.4) is 0 Å². The number of nitrogen functional groups attached to an aromatic ring is 1. The van der Waals surface area contributed by atoms with Crippen LogP contribution in [0.4, 0.5) is 13.9 Å². The van der Waals surface area contributed by atoms with Crippen LogP contribution in [0.25, 0.3) is 0 Å². The fourth-order valence-electron chi connectivity index (χ4n) is 3.51. The molecule has 4 heterocycles. The van der Waals surface area contributed by atoms with Gasteiger partial charge in [0.25, 0.3) is 11.8 Å². The smallest absolute Gasteiger partial charge is 0.407 e. The number of hydrogen-bond acceptors (Lipinski definition) is 10. The zero-order valence-corrected chi connectivity index (χ0v) is 20.9. The maximum Gasteiger partial charge on any atom is 0.407 e. The predicted octanol–water partition coefficient (Wildman–Crippen LogP) is 1.02. The molecule has 0 saturated carbocycles. The molecule has 0 aliphatic carbocycles. The molecule has 1 saturated heterocycles. The van der Waals surface area contributed by atoms with Crippen LogP contribution in [0.5, 0.6) is 0 Å². The molecule has 190 valence electrons. The highest BCUT2D eigenvalue weighted by Crippen LogP contribution is 2.41. The first kappa shape index (κ1) is 25.8. The average molecular weight is 558 g/mol. The number of thioether (sulfide) groups is 2. The van der Waals surface area contributed by atoms with Gasteiger partial charge in [-0.2, -0.15) is 8.78 Å². The van der Waals surface area contributed by atoms with Crippen LogP contribution < -0.4 is 15.6 Å². The Morgan fingerprint density at radius 1 is 1.44 bits per heavy atom. The summed E-state index contributed by atoms with van der Waals surface area (Å²) in [6, 6.07) is 2.08. The molecular weight excluding hydrogens is 538 g/mol. The van der Waals surface area contributed by atoms with Crippen LogP contribution >= 0.6 is 34.9 Å². The van der Waals surface area contributed by atoms with Gasteiger partial charge in [-0.05, 0) is 0 Å². The van der Waals surface area contributed by atoms with Crippen molar-refractivity contribution in [2.75, 3.05) is 17.2 Å². The second-order valence-electron chi connectivity index (χ2n) is 7.48. The van der Waals surface area contributed by atoms with Gasteiger partial charge in [0.15, 0.2) is 23.2 Å². The number of rotatable bonds is 9. The molecule has 36 heavy (non-hydrogen) atoms. The molecule has 0 spiro atoms. The average Bonchev–Trinajstić information content (AvgIpc) is 3.27. The van der Waals surface area contributed by atoms with Gasteiger partial charge in [0.05, 0.1) is 6.04 Å². The molecule has 2 aromatic rings. The molecule has 4 N–H and O–H groups in total. The molecule has 2 aromatic heterocycles. The molecule has 0 bridgehead atoms. The standard InChI is InChI=1S/C20H18F2N6O5S3/c1-27-4-2-9(3-5-27)34-8-12-15(18(31)32)28-11(7-35-12)14(17(28)30)25-16(29)13(26-33-19(21)22)10-6-36-20(23)24-10/h2-6,11,14,19H,7-8H2,1H3,(H3-,23,24,25,29,31,32)/p+1/t11?,14-/m0/s1. The molecule has 0 radical (unpaired) electrons. The second kappa shape index (κ2) is 10.8. The number of pyridine rings is 1. The summed E-state index contributed by atoms with van der Waals surface area (Å²) in [6.07, 6.45) is 3.74. The third kappa shape index (κ3) is 5.44. The zero-order valence-electron chi connectivity index (χ0n) is 18.5. The van der Waals surface area contributed by atoms with Crippen LogP contribution in [0.2, 0.25) is 0 Å². The van der Waals surface area contributed by atoms with Gasteiger partial charge in [0.2, 0.25) is 0 Å². The largest absolute Gasteiger partial charge is 0.477 e. The summed E-state index contributed by atoms with van der Waals surface area (Å²) in [5.41, 5.74) is 4.73. The Kier molecular flexibility index (Phi) is 7.75. The summed E-state index contributed by atoms with van der Waals surface area (Å²) in [5.74, 6) is -2.20. The molecule has 11 nitrogen and oxygen atoms in total. The van der Waals surface area contributed by atoms with E-state index in [1.807, 2.05) is 36.1 Å². The maximum absolute atomic E-state index is 12.9. The fraction of sp³-hybridized carbons (Fsp3) is 0.300. The number of alkyl halides is 2. The summed E-state index contributed by atoms with van der Waals surface area (Å²) in [6.45, 7) is -3.28. The summed E-state index contributed by atoms with van der Waals surface area (Å²) in [7, 11) is 1.88. The maximum atomic E-state index is 12.9. The van der Waals surface area contributed by atoms with Gasteiger partial charge < -0.3 is 21.0 Å². The highest BCUT2D eigenvalue weighted by Gasteiger charge is 2.54. The lowest BCUT2D eigenvalue weighted by Gasteiger charge is -2.49. The molecule has 2 aliphatic heterocycles. The van der Waals surface area contributed by atoms with Crippen LogP contribution in [0, 0.1) is 0 Å². The van der Waals surface area contributed by atoms with E-state index in [2.05, 4.69) is 20.3 Å². The van der Waals surface area contributed by atoms with Crippen molar-refractivity contribution in [2.24, 2.45) is 12.2 Å². The van der Waals surface area contributed by atoms with Crippen LogP contribution in [-0.2, 0) is 26.3 Å². The minimum Gasteiger partial charge on any atom is -0.477 e. The number of aliphatic carboxylic acids is 1. The van der Waals surface area contributed by atoms with Crippen molar-refractivity contribution in [3.05, 3.63) is 46.2 Å². The van der Waals surface area contributed by atoms with E-state index in [1.165, 1.54) is 28.9 Å². The molecule has 1 fully saturated rings. The van der Waals surface area contributed by atoms with E-state index in [9.17, 15) is 28.3 Å². The number of amides is 2. The minimum atomic E-state index is -3.28. The van der Waals surface area contributed by atoms with Gasteiger partial charge >= 0.3 is 12.6 Å². The number of fused-ring (bicyclic) bond motifs is 1. The molecule has 4 rings (SSSR count). The Labute approximate surface area is 215 Å². The first-order valence-electron chi connectivity index (χ1n) is 10.2. The molecule has 0 aromatic carbocycles. The fourth-order valence-corrected chi connectivity index (χ4v) is 6.35. The highest BCUT2D eigenvalue weighted by molar-refractivity contribution is 8.06. The third-order valence-corrected chi connectivity index (χ3v) is 8.25. The van der Waals surface area contributed by atoms with E-state index in [-0.39, 0.29) is 16.5 Å². The van der Waals surface area contributed by atoms with E-state index in [1.54, 1.807) is 0 Å². The number of hydrogen-bond donors (Lipinski definition) is 3. The van der Waals surface area contributed by atoms with Gasteiger partial charge in [-0.3, -0.25) is 14.5 Å². The first-order valence-corrected chi connectivity index (χ1v) is 13.1. The van der Waals surface area contributed by atoms with Gasteiger partial charge in [0, 0.05) is 38.8 Å². The number of thiazole rings is 1. The van der Waals surface area contributed by atoms with E-state index in [0.29, 0.717) is 16.4 Å². The van der Waals surface area contributed by atoms with E-state index in [4.69, 9.17) is 5.73 Å². The molecular formula is C20H19F2N6O5S3+. The quantitative estimate of drug-likeness (QED) is 0.135. The van der Waals surface area contributed by atoms with Crippen LogP contribution in [0.1, 0.15) is 5.69 Å². The van der Waals surface area contributed by atoms with Crippen molar-refractivity contribution >= 4 is 63.5 Å². The van der Waals surface area contributed by atoms with Gasteiger partial charge in [-0.15, -0.1) is 34.9 Å². The number of aryl methyl sites for hydroxylation is 1. The number of nitrogens with two attached hydrogens (primary N) is 1.